The van der Waals surface area contributed by atoms with Gasteiger partial charge in [0.2, 0.25) is 11.9 Å². The first-order valence-electron chi connectivity index (χ1n) is 5.35. The molecule has 0 aliphatic heterocycles. The highest BCUT2D eigenvalue weighted by Gasteiger charge is 2.24. The van der Waals surface area contributed by atoms with Crippen molar-refractivity contribution in [1.29, 1.82) is 0 Å². The van der Waals surface area contributed by atoms with Crippen LogP contribution in [0.4, 0.5) is 11.8 Å². The molecule has 1 aromatic rings. The number of amides is 1. The maximum atomic E-state index is 11.6. The van der Waals surface area contributed by atoms with Crippen molar-refractivity contribution in [1.82, 2.24) is 15.3 Å². The molecule has 0 radical (unpaired) electrons. The van der Waals surface area contributed by atoms with Crippen LogP contribution < -0.4 is 16.0 Å². The topological polar surface area (TPSA) is 84.1 Å². The Hall–Kier alpha value is -1.37. The predicted octanol–water partition coefficient (Wildman–Crippen LogP) is 0.536. The Morgan fingerprint density at radius 3 is 3.06 bits per heavy atom. The Balaban J connectivity index is 1.99. The number of rotatable bonds is 4. The minimum atomic E-state index is -0.000848. The number of aromatic nitrogens is 2. The summed E-state index contributed by atoms with van der Waals surface area (Å²) in [7, 11) is 1.79. The average Bonchev–Trinajstić information content (AvgIpc) is 3.05. The number of halogens is 1. The number of carbonyl (C=O) groups is 1. The fourth-order valence-electron chi connectivity index (χ4n) is 1.43. The molecular formula is C10H14BrN5O. The lowest BCUT2D eigenvalue weighted by Crippen LogP contribution is -2.36. The van der Waals surface area contributed by atoms with E-state index < -0.39 is 0 Å². The lowest BCUT2D eigenvalue weighted by atomic mass is 10.4. The van der Waals surface area contributed by atoms with Crippen molar-refractivity contribution in [2.45, 2.75) is 18.9 Å². The van der Waals surface area contributed by atoms with Crippen molar-refractivity contribution in [3.63, 3.8) is 0 Å². The van der Waals surface area contributed by atoms with E-state index in [2.05, 4.69) is 31.2 Å². The zero-order chi connectivity index (χ0) is 12.4. The summed E-state index contributed by atoms with van der Waals surface area (Å²) < 4.78 is 0.716. The molecule has 2 rings (SSSR count). The zero-order valence-corrected chi connectivity index (χ0v) is 11.1. The largest absolute Gasteiger partial charge is 0.368 e. The van der Waals surface area contributed by atoms with E-state index in [0.717, 1.165) is 12.8 Å². The molecule has 1 aliphatic rings. The predicted molar refractivity (Wildman–Crippen MR) is 68.6 cm³/mol. The van der Waals surface area contributed by atoms with Gasteiger partial charge in [0.15, 0.2) is 0 Å². The number of nitrogen functional groups attached to an aromatic ring is 1. The summed E-state index contributed by atoms with van der Waals surface area (Å²) in [6.07, 6.45) is 3.74. The molecule has 0 atom stereocenters. The standard InChI is InChI=1S/C10H14BrN5O/c1-16(5-8(17)14-6-2-3-6)9-7(11)4-13-10(12)15-9/h4,6H,2-3,5H2,1H3,(H,14,17)(H2,12,13,15). The van der Waals surface area contributed by atoms with Crippen LogP contribution in [0.2, 0.25) is 0 Å². The quantitative estimate of drug-likeness (QED) is 0.847. The Kier molecular flexibility index (Phi) is 3.46. The number of likely N-dealkylation sites (N-methyl/N-ethyl adjacent to an activating group) is 1. The molecule has 1 amide bonds. The van der Waals surface area contributed by atoms with Crippen LogP contribution in [0.3, 0.4) is 0 Å². The van der Waals surface area contributed by atoms with Gasteiger partial charge in [-0.2, -0.15) is 4.98 Å². The molecule has 3 N–H and O–H groups in total. The van der Waals surface area contributed by atoms with Gasteiger partial charge in [-0.25, -0.2) is 4.98 Å². The molecule has 7 heteroatoms. The molecule has 1 saturated carbocycles. The molecular weight excluding hydrogens is 286 g/mol. The van der Waals surface area contributed by atoms with E-state index in [9.17, 15) is 4.79 Å². The van der Waals surface area contributed by atoms with Gasteiger partial charge in [0.05, 0.1) is 11.0 Å². The van der Waals surface area contributed by atoms with Crippen LogP contribution in [0, 0.1) is 0 Å². The Morgan fingerprint density at radius 1 is 1.71 bits per heavy atom. The summed E-state index contributed by atoms with van der Waals surface area (Å²) in [6.45, 7) is 0.256. The average molecular weight is 300 g/mol. The van der Waals surface area contributed by atoms with E-state index in [1.165, 1.54) is 0 Å². The third kappa shape index (κ3) is 3.29. The second-order valence-electron chi connectivity index (χ2n) is 4.10. The fraction of sp³-hybridized carbons (Fsp3) is 0.500. The van der Waals surface area contributed by atoms with Crippen LogP contribution in [0.1, 0.15) is 12.8 Å². The highest BCUT2D eigenvalue weighted by Crippen LogP contribution is 2.22. The number of nitrogens with zero attached hydrogens (tertiary/aromatic N) is 3. The summed E-state index contributed by atoms with van der Waals surface area (Å²) in [6, 6.07) is 0.370. The van der Waals surface area contributed by atoms with Gasteiger partial charge in [0.1, 0.15) is 5.82 Å². The lowest BCUT2D eigenvalue weighted by molar-refractivity contribution is -0.119. The van der Waals surface area contributed by atoms with Crippen molar-refractivity contribution >= 4 is 33.6 Å². The molecule has 0 saturated heterocycles. The van der Waals surface area contributed by atoms with E-state index in [1.807, 2.05) is 0 Å². The van der Waals surface area contributed by atoms with Crippen LogP contribution in [0.15, 0.2) is 10.7 Å². The van der Waals surface area contributed by atoms with Crippen molar-refractivity contribution in [2.24, 2.45) is 0 Å². The van der Waals surface area contributed by atoms with Crippen molar-refractivity contribution in [2.75, 3.05) is 24.2 Å². The molecule has 0 unspecified atom stereocenters. The van der Waals surface area contributed by atoms with Crippen LogP contribution in [-0.4, -0.2) is 35.5 Å². The summed E-state index contributed by atoms with van der Waals surface area (Å²) in [5.41, 5.74) is 5.52. The van der Waals surface area contributed by atoms with Crippen LogP contribution in [-0.2, 0) is 4.79 Å². The Morgan fingerprint density at radius 2 is 2.41 bits per heavy atom. The molecule has 92 valence electrons. The molecule has 1 heterocycles. The molecule has 1 aliphatic carbocycles. The number of anilines is 2. The molecule has 1 fully saturated rings. The molecule has 17 heavy (non-hydrogen) atoms. The highest BCUT2D eigenvalue weighted by atomic mass is 79.9. The first-order valence-corrected chi connectivity index (χ1v) is 6.14. The van der Waals surface area contributed by atoms with Gasteiger partial charge >= 0.3 is 0 Å². The Bertz CT molecular complexity index is 435. The summed E-state index contributed by atoms with van der Waals surface area (Å²) in [5, 5.41) is 2.92. The maximum absolute atomic E-state index is 11.6. The maximum Gasteiger partial charge on any atom is 0.239 e. The van der Waals surface area contributed by atoms with Crippen LogP contribution in [0.5, 0.6) is 0 Å². The van der Waals surface area contributed by atoms with Gasteiger partial charge in [0, 0.05) is 19.3 Å². The summed E-state index contributed by atoms with van der Waals surface area (Å²) in [4.78, 5) is 21.3. The first kappa shape index (κ1) is 12.1. The molecule has 0 aromatic carbocycles. The van der Waals surface area contributed by atoms with Crippen molar-refractivity contribution in [3.8, 4) is 0 Å². The lowest BCUT2D eigenvalue weighted by Gasteiger charge is -2.18. The SMILES string of the molecule is CN(CC(=O)NC1CC1)c1nc(N)ncc1Br. The molecule has 6 nitrogen and oxygen atoms in total. The van der Waals surface area contributed by atoms with E-state index in [-0.39, 0.29) is 18.4 Å². The van der Waals surface area contributed by atoms with Gasteiger partial charge in [-0.05, 0) is 28.8 Å². The minimum Gasteiger partial charge on any atom is -0.368 e. The fourth-order valence-corrected chi connectivity index (χ4v) is 1.92. The number of nitrogens with two attached hydrogens (primary N) is 1. The van der Waals surface area contributed by atoms with Gasteiger partial charge in [0.25, 0.3) is 0 Å². The third-order valence-corrected chi connectivity index (χ3v) is 2.99. The monoisotopic (exact) mass is 299 g/mol. The normalized spacial score (nSPS) is 14.5. The Labute approximate surface area is 108 Å². The molecule has 0 spiro atoms. The van der Waals surface area contributed by atoms with Crippen LogP contribution >= 0.6 is 15.9 Å². The minimum absolute atomic E-state index is 0.000848. The third-order valence-electron chi connectivity index (χ3n) is 2.43. The first-order chi connectivity index (χ1) is 8.06. The molecule has 0 bridgehead atoms. The van der Waals surface area contributed by atoms with Gasteiger partial charge in [-0.1, -0.05) is 0 Å². The summed E-state index contributed by atoms with van der Waals surface area (Å²) in [5.74, 6) is 0.806. The number of nitrogens with one attached hydrogen (secondary N) is 1. The van der Waals surface area contributed by atoms with Gasteiger partial charge in [-0.15, -0.1) is 0 Å². The van der Waals surface area contributed by atoms with Gasteiger partial charge < -0.3 is 16.0 Å². The van der Waals surface area contributed by atoms with E-state index >= 15 is 0 Å². The number of hydrogen-bond acceptors (Lipinski definition) is 5. The number of carbonyl (C=O) groups excluding carboxylic acids is 1. The number of hydrogen-bond donors (Lipinski definition) is 2. The van der Waals surface area contributed by atoms with Crippen molar-refractivity contribution in [3.05, 3.63) is 10.7 Å². The molecule has 1 aromatic heterocycles. The zero-order valence-electron chi connectivity index (χ0n) is 9.48. The van der Waals surface area contributed by atoms with E-state index in [4.69, 9.17) is 5.73 Å². The second-order valence-corrected chi connectivity index (χ2v) is 4.95. The van der Waals surface area contributed by atoms with E-state index in [1.54, 1.807) is 18.1 Å². The highest BCUT2D eigenvalue weighted by molar-refractivity contribution is 9.10. The smallest absolute Gasteiger partial charge is 0.239 e. The van der Waals surface area contributed by atoms with Crippen molar-refractivity contribution < 1.29 is 4.79 Å². The van der Waals surface area contributed by atoms with E-state index in [0.29, 0.717) is 16.3 Å². The van der Waals surface area contributed by atoms with Gasteiger partial charge in [-0.3, -0.25) is 4.79 Å². The second kappa shape index (κ2) is 4.87. The summed E-state index contributed by atoms with van der Waals surface area (Å²) >= 11 is 3.33. The van der Waals surface area contributed by atoms with Crippen LogP contribution in [0.25, 0.3) is 0 Å².